The summed E-state index contributed by atoms with van der Waals surface area (Å²) in [5, 5.41) is 4.19. The minimum atomic E-state index is -0.556. The first-order valence-electron chi connectivity index (χ1n) is 13.0. The maximum atomic E-state index is 14.0. The van der Waals surface area contributed by atoms with Gasteiger partial charge >= 0.3 is 0 Å². The van der Waals surface area contributed by atoms with Crippen molar-refractivity contribution in [3.63, 3.8) is 0 Å². The third kappa shape index (κ3) is 5.21. The Kier molecular flexibility index (Phi) is 7.86. The van der Waals surface area contributed by atoms with Gasteiger partial charge in [0.2, 0.25) is 5.91 Å². The molecule has 7 nitrogen and oxygen atoms in total. The van der Waals surface area contributed by atoms with Gasteiger partial charge in [0, 0.05) is 61.5 Å². The molecule has 2 N–H and O–H groups in total. The number of fused-ring (bicyclic) bond motifs is 2. The number of aromatic amines is 1. The van der Waals surface area contributed by atoms with Gasteiger partial charge in [-0.25, -0.2) is 0 Å². The van der Waals surface area contributed by atoms with E-state index in [1.54, 1.807) is 12.0 Å². The highest BCUT2D eigenvalue weighted by molar-refractivity contribution is 6.02. The fraction of sp³-hybridized carbons (Fsp3) is 0.290. The van der Waals surface area contributed by atoms with Crippen LogP contribution in [0.2, 0.25) is 0 Å². The lowest BCUT2D eigenvalue weighted by atomic mass is 9.79. The smallest absolute Gasteiger partial charge is 0.254 e. The molecule has 2 heterocycles. The summed E-state index contributed by atoms with van der Waals surface area (Å²) < 4.78 is 5.36. The van der Waals surface area contributed by atoms with Crippen molar-refractivity contribution in [2.24, 2.45) is 0 Å². The van der Waals surface area contributed by atoms with Gasteiger partial charge in [-0.3, -0.25) is 9.59 Å². The number of amides is 2. The van der Waals surface area contributed by atoms with E-state index in [2.05, 4.69) is 34.4 Å². The average molecular weight is 511 g/mol. The molecule has 3 aromatic carbocycles. The topological polar surface area (TPSA) is 77.7 Å². The van der Waals surface area contributed by atoms with Crippen molar-refractivity contribution in [1.82, 2.24) is 20.1 Å². The number of para-hydroxylation sites is 1. The summed E-state index contributed by atoms with van der Waals surface area (Å²) in [6.45, 7) is 2.79. The van der Waals surface area contributed by atoms with Gasteiger partial charge in [-0.2, -0.15) is 0 Å². The lowest BCUT2D eigenvalue weighted by Crippen LogP contribution is -2.49. The molecule has 0 saturated heterocycles. The van der Waals surface area contributed by atoms with Gasteiger partial charge in [-0.05, 0) is 30.3 Å². The number of nitrogens with zero attached hydrogens (tertiary/aromatic N) is 2. The Morgan fingerprint density at radius 2 is 1.74 bits per heavy atom. The Hall–Kier alpha value is -3.94. The average Bonchev–Trinajstić information content (AvgIpc) is 3.37. The second-order valence-corrected chi connectivity index (χ2v) is 9.81. The first-order chi connectivity index (χ1) is 18.6. The van der Waals surface area contributed by atoms with E-state index in [1.807, 2.05) is 72.9 Å². The summed E-state index contributed by atoms with van der Waals surface area (Å²) in [7, 11) is 3.67. The molecular weight excluding hydrogens is 476 g/mol. The SMILES string of the molecule is COCCN1C(=O)c2ccccc2C(C(=O)NCCN(C)Cc2ccccc2)C1c1c[nH]c2ccccc12. The lowest BCUT2D eigenvalue weighted by Gasteiger charge is -2.41. The van der Waals surface area contributed by atoms with Crippen LogP contribution in [-0.2, 0) is 16.1 Å². The molecule has 2 amide bonds. The minimum Gasteiger partial charge on any atom is -0.383 e. The summed E-state index contributed by atoms with van der Waals surface area (Å²) in [5.41, 5.74) is 4.47. The predicted octanol–water partition coefficient (Wildman–Crippen LogP) is 4.34. The first-order valence-corrected chi connectivity index (χ1v) is 13.0. The molecule has 0 fully saturated rings. The lowest BCUT2D eigenvalue weighted by molar-refractivity contribution is -0.124. The van der Waals surface area contributed by atoms with E-state index < -0.39 is 12.0 Å². The van der Waals surface area contributed by atoms with Gasteiger partial charge in [0.1, 0.15) is 0 Å². The van der Waals surface area contributed by atoms with Crippen LogP contribution in [0.3, 0.4) is 0 Å². The third-order valence-electron chi connectivity index (χ3n) is 7.29. The summed E-state index contributed by atoms with van der Waals surface area (Å²) >= 11 is 0. The number of aromatic nitrogens is 1. The van der Waals surface area contributed by atoms with E-state index in [9.17, 15) is 9.59 Å². The normalized spacial score (nSPS) is 17.1. The molecule has 0 radical (unpaired) electrons. The van der Waals surface area contributed by atoms with E-state index in [4.69, 9.17) is 4.74 Å². The molecule has 1 aliphatic rings. The number of hydrogen-bond acceptors (Lipinski definition) is 4. The van der Waals surface area contributed by atoms with Crippen molar-refractivity contribution in [2.45, 2.75) is 18.5 Å². The van der Waals surface area contributed by atoms with Crippen LogP contribution >= 0.6 is 0 Å². The minimum absolute atomic E-state index is 0.0837. The zero-order chi connectivity index (χ0) is 26.5. The summed E-state index contributed by atoms with van der Waals surface area (Å²) in [6.07, 6.45) is 1.93. The van der Waals surface area contributed by atoms with E-state index in [1.165, 1.54) is 5.56 Å². The zero-order valence-corrected chi connectivity index (χ0v) is 21.9. The van der Waals surface area contributed by atoms with Crippen molar-refractivity contribution < 1.29 is 14.3 Å². The van der Waals surface area contributed by atoms with Crippen molar-refractivity contribution in [3.05, 3.63) is 107 Å². The highest BCUT2D eigenvalue weighted by Gasteiger charge is 2.44. The van der Waals surface area contributed by atoms with Crippen molar-refractivity contribution in [3.8, 4) is 0 Å². The predicted molar refractivity (Wildman–Crippen MR) is 149 cm³/mol. The van der Waals surface area contributed by atoms with Crippen LogP contribution in [0.15, 0.2) is 85.1 Å². The molecule has 4 aromatic rings. The standard InChI is InChI=1S/C31H34N4O3/c1-34(21-22-10-4-3-5-11-22)17-16-32-30(36)28-24-13-6-7-14-25(24)31(37)35(18-19-38-2)29(28)26-20-33-27-15-9-8-12-23(26)27/h3-15,20,28-29,33H,16-19,21H2,1-2H3,(H,32,36). The first kappa shape index (κ1) is 25.7. The number of carbonyl (C=O) groups excluding carboxylic acids is 2. The molecule has 7 heteroatoms. The van der Waals surface area contributed by atoms with Crippen LogP contribution in [0.1, 0.15) is 39.0 Å². The molecule has 0 aliphatic carbocycles. The maximum absolute atomic E-state index is 14.0. The number of benzene rings is 3. The monoisotopic (exact) mass is 510 g/mol. The Labute approximate surface area is 223 Å². The van der Waals surface area contributed by atoms with Crippen LogP contribution in [0.5, 0.6) is 0 Å². The van der Waals surface area contributed by atoms with Crippen LogP contribution in [0.4, 0.5) is 0 Å². The number of likely N-dealkylation sites (N-methyl/N-ethyl adjacent to an activating group) is 1. The molecule has 0 spiro atoms. The van der Waals surface area contributed by atoms with Crippen LogP contribution in [0.25, 0.3) is 10.9 Å². The molecule has 196 valence electrons. The molecule has 5 rings (SSSR count). The molecule has 2 atom stereocenters. The van der Waals surface area contributed by atoms with E-state index >= 15 is 0 Å². The summed E-state index contributed by atoms with van der Waals surface area (Å²) in [6, 6.07) is 25.3. The van der Waals surface area contributed by atoms with Crippen LogP contribution < -0.4 is 5.32 Å². The van der Waals surface area contributed by atoms with Gasteiger partial charge in [-0.15, -0.1) is 0 Å². The number of nitrogens with one attached hydrogen (secondary N) is 2. The second-order valence-electron chi connectivity index (χ2n) is 9.81. The molecule has 1 aromatic heterocycles. The fourth-order valence-electron chi connectivity index (χ4n) is 5.45. The van der Waals surface area contributed by atoms with E-state index in [0.29, 0.717) is 31.8 Å². The summed E-state index contributed by atoms with van der Waals surface area (Å²) in [4.78, 5) is 35.0. The van der Waals surface area contributed by atoms with Crippen molar-refractivity contribution >= 4 is 22.7 Å². The van der Waals surface area contributed by atoms with E-state index in [0.717, 1.165) is 28.6 Å². The van der Waals surface area contributed by atoms with Gasteiger partial charge in [0.15, 0.2) is 0 Å². The number of methoxy groups -OCH3 is 1. The Morgan fingerprint density at radius 3 is 2.55 bits per heavy atom. The number of hydrogen-bond donors (Lipinski definition) is 2. The maximum Gasteiger partial charge on any atom is 0.254 e. The molecular formula is C31H34N4O3. The number of ether oxygens (including phenoxy) is 1. The molecule has 2 unspecified atom stereocenters. The van der Waals surface area contributed by atoms with Crippen molar-refractivity contribution in [1.29, 1.82) is 0 Å². The van der Waals surface area contributed by atoms with Crippen molar-refractivity contribution in [2.75, 3.05) is 40.4 Å². The number of H-pyrrole nitrogens is 1. The Bertz CT molecular complexity index is 1400. The molecule has 1 aliphatic heterocycles. The highest BCUT2D eigenvalue weighted by atomic mass is 16.5. The van der Waals surface area contributed by atoms with Crippen LogP contribution in [0, 0.1) is 0 Å². The number of carbonyl (C=O) groups is 2. The van der Waals surface area contributed by atoms with Gasteiger partial charge in [0.25, 0.3) is 5.91 Å². The Morgan fingerprint density at radius 1 is 1.00 bits per heavy atom. The summed E-state index contributed by atoms with van der Waals surface area (Å²) in [5.74, 6) is -0.727. The quantitative estimate of drug-likeness (QED) is 0.333. The van der Waals surface area contributed by atoms with Gasteiger partial charge < -0.3 is 24.8 Å². The fourth-order valence-corrected chi connectivity index (χ4v) is 5.45. The second kappa shape index (κ2) is 11.6. The third-order valence-corrected chi connectivity index (χ3v) is 7.29. The van der Waals surface area contributed by atoms with Gasteiger partial charge in [-0.1, -0.05) is 66.7 Å². The molecule has 38 heavy (non-hydrogen) atoms. The molecule has 0 saturated carbocycles. The highest BCUT2D eigenvalue weighted by Crippen LogP contribution is 2.44. The largest absolute Gasteiger partial charge is 0.383 e. The zero-order valence-electron chi connectivity index (χ0n) is 21.9. The Balaban J connectivity index is 1.44. The van der Waals surface area contributed by atoms with Gasteiger partial charge in [0.05, 0.1) is 18.6 Å². The molecule has 0 bridgehead atoms. The van der Waals surface area contributed by atoms with E-state index in [-0.39, 0.29) is 11.8 Å². The van der Waals surface area contributed by atoms with Crippen LogP contribution in [-0.4, -0.2) is 67.0 Å². The number of rotatable bonds is 10.